The SMILES string of the molecule is CS(=O)(=O)Nc1ccc(Cl)c(NCc2cscn2)c1. The number of thiazole rings is 1. The van der Waals surface area contributed by atoms with Gasteiger partial charge in [-0.3, -0.25) is 4.72 Å². The maximum Gasteiger partial charge on any atom is 0.229 e. The van der Waals surface area contributed by atoms with Crippen LogP contribution in [0.25, 0.3) is 0 Å². The van der Waals surface area contributed by atoms with E-state index in [1.807, 2.05) is 5.38 Å². The monoisotopic (exact) mass is 317 g/mol. The highest BCUT2D eigenvalue weighted by molar-refractivity contribution is 7.92. The lowest BCUT2D eigenvalue weighted by atomic mass is 10.3. The van der Waals surface area contributed by atoms with Gasteiger partial charge in [-0.15, -0.1) is 11.3 Å². The highest BCUT2D eigenvalue weighted by Crippen LogP contribution is 2.26. The van der Waals surface area contributed by atoms with Gasteiger partial charge in [0.2, 0.25) is 10.0 Å². The third-order valence-electron chi connectivity index (χ3n) is 2.21. The number of hydrogen-bond acceptors (Lipinski definition) is 5. The molecule has 2 rings (SSSR count). The Balaban J connectivity index is 2.13. The molecule has 19 heavy (non-hydrogen) atoms. The minimum Gasteiger partial charge on any atom is -0.378 e. The first-order valence-corrected chi connectivity index (χ1v) is 8.53. The molecule has 102 valence electrons. The number of aromatic nitrogens is 1. The van der Waals surface area contributed by atoms with E-state index in [0.29, 0.717) is 22.9 Å². The van der Waals surface area contributed by atoms with Gasteiger partial charge in [-0.05, 0) is 18.2 Å². The summed E-state index contributed by atoms with van der Waals surface area (Å²) in [4.78, 5) is 4.14. The molecule has 0 bridgehead atoms. The molecule has 0 amide bonds. The van der Waals surface area contributed by atoms with E-state index in [-0.39, 0.29) is 0 Å². The maximum atomic E-state index is 11.2. The van der Waals surface area contributed by atoms with Crippen molar-refractivity contribution in [3.8, 4) is 0 Å². The van der Waals surface area contributed by atoms with E-state index < -0.39 is 10.0 Å². The smallest absolute Gasteiger partial charge is 0.229 e. The predicted molar refractivity (Wildman–Crippen MR) is 79.4 cm³/mol. The van der Waals surface area contributed by atoms with Gasteiger partial charge in [0.05, 0.1) is 40.4 Å². The van der Waals surface area contributed by atoms with Gasteiger partial charge in [-0.2, -0.15) is 0 Å². The van der Waals surface area contributed by atoms with Gasteiger partial charge in [0.1, 0.15) is 0 Å². The van der Waals surface area contributed by atoms with E-state index in [2.05, 4.69) is 15.0 Å². The topological polar surface area (TPSA) is 71.1 Å². The third kappa shape index (κ3) is 4.38. The number of nitrogens with one attached hydrogen (secondary N) is 2. The zero-order chi connectivity index (χ0) is 13.9. The first kappa shape index (κ1) is 14.1. The Kier molecular flexibility index (Phi) is 4.28. The van der Waals surface area contributed by atoms with Crippen LogP contribution in [0.15, 0.2) is 29.1 Å². The third-order valence-corrected chi connectivity index (χ3v) is 3.78. The van der Waals surface area contributed by atoms with E-state index in [1.54, 1.807) is 23.7 Å². The summed E-state index contributed by atoms with van der Waals surface area (Å²) in [5.74, 6) is 0. The second-order valence-corrected chi connectivity index (χ2v) is 6.78. The molecule has 0 saturated heterocycles. The lowest BCUT2D eigenvalue weighted by Gasteiger charge is -2.10. The van der Waals surface area contributed by atoms with Crippen molar-refractivity contribution in [2.24, 2.45) is 0 Å². The Labute approximate surface area is 120 Å². The molecule has 0 saturated carbocycles. The van der Waals surface area contributed by atoms with Crippen LogP contribution in [-0.2, 0) is 16.6 Å². The summed E-state index contributed by atoms with van der Waals surface area (Å²) in [6.07, 6.45) is 1.10. The molecule has 0 radical (unpaired) electrons. The number of rotatable bonds is 5. The van der Waals surface area contributed by atoms with Crippen molar-refractivity contribution in [2.45, 2.75) is 6.54 Å². The lowest BCUT2D eigenvalue weighted by molar-refractivity contribution is 0.607. The summed E-state index contributed by atoms with van der Waals surface area (Å²) in [7, 11) is -3.30. The van der Waals surface area contributed by atoms with Crippen LogP contribution in [0.5, 0.6) is 0 Å². The fourth-order valence-electron chi connectivity index (χ4n) is 1.45. The van der Waals surface area contributed by atoms with E-state index in [9.17, 15) is 8.42 Å². The molecule has 5 nitrogen and oxygen atoms in total. The van der Waals surface area contributed by atoms with Crippen molar-refractivity contribution in [1.29, 1.82) is 0 Å². The van der Waals surface area contributed by atoms with Crippen LogP contribution in [0.2, 0.25) is 5.02 Å². The Morgan fingerprint density at radius 2 is 2.21 bits per heavy atom. The second-order valence-electron chi connectivity index (χ2n) is 3.90. The van der Waals surface area contributed by atoms with Crippen molar-refractivity contribution in [3.63, 3.8) is 0 Å². The first-order valence-electron chi connectivity index (χ1n) is 5.32. The fourth-order valence-corrected chi connectivity index (χ4v) is 2.75. The summed E-state index contributed by atoms with van der Waals surface area (Å²) in [5.41, 5.74) is 3.78. The van der Waals surface area contributed by atoms with Gasteiger partial charge >= 0.3 is 0 Å². The summed E-state index contributed by atoms with van der Waals surface area (Å²) >= 11 is 7.56. The summed E-state index contributed by atoms with van der Waals surface area (Å²) in [5, 5.41) is 5.57. The molecule has 0 unspecified atom stereocenters. The Hall–Kier alpha value is -1.31. The standard InChI is InChI=1S/C11H12ClN3O2S2/c1-19(16,17)15-8-2-3-10(12)11(4-8)13-5-9-6-18-7-14-9/h2-4,6-7,13,15H,5H2,1H3. The van der Waals surface area contributed by atoms with Gasteiger partial charge < -0.3 is 5.32 Å². The molecule has 0 atom stereocenters. The summed E-state index contributed by atoms with van der Waals surface area (Å²) in [6, 6.07) is 4.89. The summed E-state index contributed by atoms with van der Waals surface area (Å²) in [6.45, 7) is 0.533. The number of hydrogen-bond donors (Lipinski definition) is 2. The highest BCUT2D eigenvalue weighted by atomic mass is 35.5. The number of nitrogens with zero attached hydrogens (tertiary/aromatic N) is 1. The maximum absolute atomic E-state index is 11.2. The van der Waals surface area contributed by atoms with E-state index >= 15 is 0 Å². The minimum absolute atomic E-state index is 0.465. The van der Waals surface area contributed by atoms with Crippen LogP contribution < -0.4 is 10.0 Å². The molecular weight excluding hydrogens is 306 g/mol. The zero-order valence-electron chi connectivity index (χ0n) is 10.1. The van der Waals surface area contributed by atoms with Gasteiger partial charge in [0, 0.05) is 5.38 Å². The number of benzene rings is 1. The number of anilines is 2. The number of halogens is 1. The predicted octanol–water partition coefficient (Wildman–Crippen LogP) is 2.78. The molecule has 2 N–H and O–H groups in total. The van der Waals surface area contributed by atoms with Crippen molar-refractivity contribution in [2.75, 3.05) is 16.3 Å². The van der Waals surface area contributed by atoms with Crippen LogP contribution in [0.4, 0.5) is 11.4 Å². The van der Waals surface area contributed by atoms with Crippen LogP contribution in [0.1, 0.15) is 5.69 Å². The minimum atomic E-state index is -3.30. The number of sulfonamides is 1. The van der Waals surface area contributed by atoms with Gasteiger partial charge in [-0.1, -0.05) is 11.6 Å². The zero-order valence-corrected chi connectivity index (χ0v) is 12.4. The molecular formula is C11H12ClN3O2S2. The molecule has 0 aliphatic carbocycles. The van der Waals surface area contributed by atoms with E-state index in [4.69, 9.17) is 11.6 Å². The molecule has 8 heteroatoms. The quantitative estimate of drug-likeness (QED) is 0.889. The van der Waals surface area contributed by atoms with Crippen LogP contribution in [0.3, 0.4) is 0 Å². The van der Waals surface area contributed by atoms with Crippen molar-refractivity contribution in [3.05, 3.63) is 39.8 Å². The van der Waals surface area contributed by atoms with Gasteiger partial charge in [-0.25, -0.2) is 13.4 Å². The van der Waals surface area contributed by atoms with Crippen LogP contribution in [0, 0.1) is 0 Å². The first-order chi connectivity index (χ1) is 8.94. The lowest BCUT2D eigenvalue weighted by Crippen LogP contribution is -2.10. The highest BCUT2D eigenvalue weighted by Gasteiger charge is 2.06. The molecule has 1 heterocycles. The Morgan fingerprint density at radius 1 is 1.42 bits per heavy atom. The van der Waals surface area contributed by atoms with E-state index in [0.717, 1.165) is 11.9 Å². The molecule has 0 spiro atoms. The van der Waals surface area contributed by atoms with Crippen molar-refractivity contribution in [1.82, 2.24) is 4.98 Å². The average Bonchev–Trinajstić information content (AvgIpc) is 2.81. The fraction of sp³-hybridized carbons (Fsp3) is 0.182. The molecule has 2 aromatic rings. The molecule has 1 aromatic heterocycles. The Bertz CT molecular complexity index is 657. The van der Waals surface area contributed by atoms with Crippen molar-refractivity contribution < 1.29 is 8.42 Å². The average molecular weight is 318 g/mol. The normalized spacial score (nSPS) is 11.3. The van der Waals surface area contributed by atoms with Crippen LogP contribution >= 0.6 is 22.9 Å². The largest absolute Gasteiger partial charge is 0.378 e. The van der Waals surface area contributed by atoms with E-state index in [1.165, 1.54) is 11.3 Å². The molecule has 0 aliphatic rings. The van der Waals surface area contributed by atoms with Gasteiger partial charge in [0.15, 0.2) is 0 Å². The van der Waals surface area contributed by atoms with Crippen LogP contribution in [-0.4, -0.2) is 19.7 Å². The summed E-state index contributed by atoms with van der Waals surface area (Å²) < 4.78 is 24.7. The van der Waals surface area contributed by atoms with Gasteiger partial charge in [0.25, 0.3) is 0 Å². The molecule has 0 aliphatic heterocycles. The molecule has 0 fully saturated rings. The molecule has 1 aromatic carbocycles. The second kappa shape index (κ2) is 5.77. The van der Waals surface area contributed by atoms with Crippen molar-refractivity contribution >= 4 is 44.3 Å². The Morgan fingerprint density at radius 3 is 2.84 bits per heavy atom.